The summed E-state index contributed by atoms with van der Waals surface area (Å²) < 4.78 is 2.49. The van der Waals surface area contributed by atoms with Gasteiger partial charge in [-0.15, -0.1) is 11.3 Å². The Morgan fingerprint density at radius 3 is 2.61 bits per heavy atom. The van der Waals surface area contributed by atoms with Gasteiger partial charge in [0.15, 0.2) is 4.34 Å². The van der Waals surface area contributed by atoms with Crippen LogP contribution in [0.1, 0.15) is 30.4 Å². The average Bonchev–Trinajstić information content (AvgIpc) is 3.01. The highest BCUT2D eigenvalue weighted by molar-refractivity contribution is 8.01. The number of hydrogen-bond acceptors (Lipinski definition) is 3. The van der Waals surface area contributed by atoms with Crippen molar-refractivity contribution in [1.29, 1.82) is 0 Å². The van der Waals surface area contributed by atoms with Crippen LogP contribution in [0, 0.1) is 0 Å². The highest BCUT2D eigenvalue weighted by atomic mass is 32.2. The molecule has 0 spiro atoms. The van der Waals surface area contributed by atoms with E-state index >= 15 is 0 Å². The molecule has 1 aromatic heterocycles. The van der Waals surface area contributed by atoms with E-state index in [1.165, 1.54) is 45.8 Å². The van der Waals surface area contributed by atoms with Gasteiger partial charge in [0, 0.05) is 5.75 Å². The van der Waals surface area contributed by atoms with Gasteiger partial charge in [-0.1, -0.05) is 67.2 Å². The van der Waals surface area contributed by atoms with Crippen molar-refractivity contribution in [2.45, 2.75) is 30.0 Å². The lowest BCUT2D eigenvalue weighted by atomic mass is 10.1. The van der Waals surface area contributed by atoms with E-state index in [0.717, 1.165) is 11.3 Å². The molecule has 3 aromatic rings. The smallest absolute Gasteiger partial charge is 0.151 e. The number of aryl methyl sites for hydroxylation is 1. The normalized spacial score (nSPS) is 11.0. The standard InChI is InChI=1S/C20H21NS2/c1-2-16-11-13-17(14-12-16)8-4-3-7-15-22-20-21-18-9-5-6-10-19(18)23-20/h2,5-6,9-14H,1,3-4,7-8,15H2. The maximum absolute atomic E-state index is 4.67. The zero-order chi connectivity index (χ0) is 15.9. The van der Waals surface area contributed by atoms with Gasteiger partial charge in [-0.3, -0.25) is 0 Å². The lowest BCUT2D eigenvalue weighted by Gasteiger charge is -2.02. The molecule has 0 aliphatic carbocycles. The highest BCUT2D eigenvalue weighted by Crippen LogP contribution is 2.29. The summed E-state index contributed by atoms with van der Waals surface area (Å²) in [6.07, 6.45) is 6.85. The molecule has 0 radical (unpaired) electrons. The summed E-state index contributed by atoms with van der Waals surface area (Å²) in [4.78, 5) is 4.67. The number of fused-ring (bicyclic) bond motifs is 1. The molecule has 2 aromatic carbocycles. The Kier molecular flexibility index (Phi) is 5.89. The van der Waals surface area contributed by atoms with Crippen molar-refractivity contribution in [3.05, 3.63) is 66.2 Å². The summed E-state index contributed by atoms with van der Waals surface area (Å²) in [6.45, 7) is 3.79. The van der Waals surface area contributed by atoms with Crippen LogP contribution >= 0.6 is 23.1 Å². The number of aromatic nitrogens is 1. The van der Waals surface area contributed by atoms with Crippen molar-refractivity contribution in [2.24, 2.45) is 0 Å². The first-order valence-corrected chi connectivity index (χ1v) is 9.85. The van der Waals surface area contributed by atoms with Gasteiger partial charge in [0.25, 0.3) is 0 Å². The SMILES string of the molecule is C=Cc1ccc(CCCCCSc2nc3ccccc3s2)cc1. The van der Waals surface area contributed by atoms with E-state index in [2.05, 4.69) is 60.1 Å². The molecular formula is C20H21NS2. The number of unbranched alkanes of at least 4 members (excludes halogenated alkanes) is 2. The van der Waals surface area contributed by atoms with E-state index in [0.29, 0.717) is 0 Å². The van der Waals surface area contributed by atoms with Gasteiger partial charge in [0.2, 0.25) is 0 Å². The molecule has 0 saturated carbocycles. The Balaban J connectivity index is 1.35. The van der Waals surface area contributed by atoms with Crippen LogP contribution < -0.4 is 0 Å². The zero-order valence-corrected chi connectivity index (χ0v) is 14.8. The van der Waals surface area contributed by atoms with Crippen molar-refractivity contribution in [2.75, 3.05) is 5.75 Å². The molecule has 0 amide bonds. The Morgan fingerprint density at radius 2 is 1.83 bits per heavy atom. The van der Waals surface area contributed by atoms with E-state index in [4.69, 9.17) is 0 Å². The third-order valence-electron chi connectivity index (χ3n) is 3.83. The quantitative estimate of drug-likeness (QED) is 0.346. The van der Waals surface area contributed by atoms with Crippen LogP contribution in [0.15, 0.2) is 59.4 Å². The molecular weight excluding hydrogens is 318 g/mol. The summed E-state index contributed by atoms with van der Waals surface area (Å²) in [5, 5.41) is 0. The fourth-order valence-electron chi connectivity index (χ4n) is 2.50. The lowest BCUT2D eigenvalue weighted by Crippen LogP contribution is -1.87. The van der Waals surface area contributed by atoms with Crippen LogP contribution in [-0.4, -0.2) is 10.7 Å². The molecule has 23 heavy (non-hydrogen) atoms. The van der Waals surface area contributed by atoms with Gasteiger partial charge >= 0.3 is 0 Å². The van der Waals surface area contributed by atoms with Gasteiger partial charge in [0.1, 0.15) is 0 Å². The summed E-state index contributed by atoms with van der Waals surface area (Å²) in [7, 11) is 0. The molecule has 0 aliphatic heterocycles. The maximum Gasteiger partial charge on any atom is 0.151 e. The fraction of sp³-hybridized carbons (Fsp3) is 0.250. The van der Waals surface area contributed by atoms with Crippen LogP contribution in [0.4, 0.5) is 0 Å². The lowest BCUT2D eigenvalue weighted by molar-refractivity contribution is 0.722. The second-order valence-corrected chi connectivity index (χ2v) is 7.93. The number of thiazole rings is 1. The number of para-hydroxylation sites is 1. The van der Waals surface area contributed by atoms with Gasteiger partial charge in [-0.05, 0) is 42.5 Å². The predicted octanol–water partition coefficient (Wildman–Crippen LogP) is 6.44. The van der Waals surface area contributed by atoms with Crippen molar-refractivity contribution < 1.29 is 0 Å². The Hall–Kier alpha value is -1.58. The molecule has 1 nitrogen and oxygen atoms in total. The van der Waals surface area contributed by atoms with Crippen molar-refractivity contribution in [3.63, 3.8) is 0 Å². The number of benzene rings is 2. The first kappa shape index (κ1) is 16.3. The molecule has 0 saturated heterocycles. The summed E-state index contributed by atoms with van der Waals surface area (Å²) in [5.41, 5.74) is 3.75. The van der Waals surface area contributed by atoms with Crippen molar-refractivity contribution >= 4 is 39.4 Å². The minimum atomic E-state index is 1.13. The number of hydrogen-bond donors (Lipinski definition) is 0. The maximum atomic E-state index is 4.67. The average molecular weight is 340 g/mol. The Bertz CT molecular complexity index is 726. The summed E-state index contributed by atoms with van der Waals surface area (Å²) in [6, 6.07) is 17.1. The van der Waals surface area contributed by atoms with E-state index < -0.39 is 0 Å². The molecule has 3 rings (SSSR count). The van der Waals surface area contributed by atoms with E-state index in [1.807, 2.05) is 17.8 Å². The second-order valence-electron chi connectivity index (χ2n) is 5.55. The molecule has 0 fully saturated rings. The molecule has 0 aliphatic rings. The number of nitrogens with zero attached hydrogens (tertiary/aromatic N) is 1. The van der Waals surface area contributed by atoms with Crippen LogP contribution in [0.2, 0.25) is 0 Å². The molecule has 1 heterocycles. The monoisotopic (exact) mass is 339 g/mol. The summed E-state index contributed by atoms with van der Waals surface area (Å²) in [5.74, 6) is 1.16. The van der Waals surface area contributed by atoms with Gasteiger partial charge in [-0.25, -0.2) is 4.98 Å². The Labute approximate surface area is 146 Å². The van der Waals surface area contributed by atoms with Crippen LogP contribution in [-0.2, 0) is 6.42 Å². The first-order valence-electron chi connectivity index (χ1n) is 8.05. The van der Waals surface area contributed by atoms with E-state index in [-0.39, 0.29) is 0 Å². The second kappa shape index (κ2) is 8.32. The molecule has 0 bridgehead atoms. The third kappa shape index (κ3) is 4.69. The van der Waals surface area contributed by atoms with Crippen LogP contribution in [0.25, 0.3) is 16.3 Å². The van der Waals surface area contributed by atoms with Crippen LogP contribution in [0.5, 0.6) is 0 Å². The van der Waals surface area contributed by atoms with E-state index in [9.17, 15) is 0 Å². The minimum absolute atomic E-state index is 1.13. The fourth-order valence-corrected chi connectivity index (χ4v) is 4.64. The predicted molar refractivity (Wildman–Crippen MR) is 104 cm³/mol. The zero-order valence-electron chi connectivity index (χ0n) is 13.2. The first-order chi connectivity index (χ1) is 11.3. The Morgan fingerprint density at radius 1 is 1.00 bits per heavy atom. The van der Waals surface area contributed by atoms with Gasteiger partial charge in [0.05, 0.1) is 10.2 Å². The van der Waals surface area contributed by atoms with Gasteiger partial charge < -0.3 is 0 Å². The topological polar surface area (TPSA) is 12.9 Å². The van der Waals surface area contributed by atoms with Crippen molar-refractivity contribution in [3.8, 4) is 0 Å². The van der Waals surface area contributed by atoms with E-state index in [1.54, 1.807) is 11.3 Å². The molecule has 118 valence electrons. The largest absolute Gasteiger partial charge is 0.230 e. The highest BCUT2D eigenvalue weighted by Gasteiger charge is 2.03. The molecule has 0 N–H and O–H groups in total. The molecule has 3 heteroatoms. The number of thioether (sulfide) groups is 1. The summed E-state index contributed by atoms with van der Waals surface area (Å²) >= 11 is 3.70. The molecule has 0 unspecified atom stereocenters. The minimum Gasteiger partial charge on any atom is -0.230 e. The van der Waals surface area contributed by atoms with Crippen molar-refractivity contribution in [1.82, 2.24) is 4.98 Å². The third-order valence-corrected chi connectivity index (χ3v) is 6.09. The number of rotatable bonds is 8. The van der Waals surface area contributed by atoms with Crippen LogP contribution in [0.3, 0.4) is 0 Å². The molecule has 0 atom stereocenters. The van der Waals surface area contributed by atoms with Gasteiger partial charge in [-0.2, -0.15) is 0 Å².